The first kappa shape index (κ1) is 17.6. The Balaban J connectivity index is 2.53. The first-order chi connectivity index (χ1) is 10.9. The van der Waals surface area contributed by atoms with Crippen LogP contribution in [0, 0.1) is 0 Å². The Kier molecular flexibility index (Phi) is 5.86. The van der Waals surface area contributed by atoms with E-state index in [1.165, 1.54) is 6.92 Å². The number of ether oxygens (including phenoxy) is 1. The Morgan fingerprint density at radius 3 is 2.35 bits per heavy atom. The zero-order valence-electron chi connectivity index (χ0n) is 13.3. The van der Waals surface area contributed by atoms with Crippen molar-refractivity contribution in [3.8, 4) is 5.75 Å². The number of esters is 1. The van der Waals surface area contributed by atoms with Gasteiger partial charge in [-0.1, -0.05) is 79.5 Å². The van der Waals surface area contributed by atoms with Crippen LogP contribution in [0.15, 0.2) is 36.4 Å². The van der Waals surface area contributed by atoms with Crippen molar-refractivity contribution >= 4 is 41.3 Å². The highest BCUT2D eigenvalue weighted by Crippen LogP contribution is 2.41. The molecule has 0 saturated heterocycles. The molecular weight excluding hydrogens is 331 g/mol. The number of hydrogen-bond acceptors (Lipinski definition) is 2. The van der Waals surface area contributed by atoms with Crippen LogP contribution in [-0.2, 0) is 4.79 Å². The van der Waals surface area contributed by atoms with E-state index < -0.39 is 5.97 Å². The normalized spacial score (nSPS) is 11.2. The van der Waals surface area contributed by atoms with Crippen LogP contribution in [-0.4, -0.2) is 5.97 Å². The van der Waals surface area contributed by atoms with E-state index in [-0.39, 0.29) is 5.92 Å². The molecule has 0 heterocycles. The molecule has 0 radical (unpaired) electrons. The third-order valence-corrected chi connectivity index (χ3v) is 4.00. The highest BCUT2D eigenvalue weighted by Gasteiger charge is 2.19. The fraction of sp³-hybridized carbons (Fsp3) is 0.211. The van der Waals surface area contributed by atoms with Crippen molar-refractivity contribution in [2.24, 2.45) is 0 Å². The maximum Gasteiger partial charge on any atom is 0.308 e. The van der Waals surface area contributed by atoms with Crippen molar-refractivity contribution < 1.29 is 9.53 Å². The summed E-state index contributed by atoms with van der Waals surface area (Å²) in [7, 11) is 0. The van der Waals surface area contributed by atoms with Crippen molar-refractivity contribution in [2.75, 3.05) is 0 Å². The standard InChI is InChI=1S/C19H18Cl2O2/c1-12(2)17-16(20)11-15(19(18(17)21)23-13(3)22)10-9-14-7-5-4-6-8-14/h4-12H,1-3H3. The molecule has 2 nitrogen and oxygen atoms in total. The molecule has 0 aliphatic heterocycles. The Bertz CT molecular complexity index is 735. The monoisotopic (exact) mass is 348 g/mol. The lowest BCUT2D eigenvalue weighted by Gasteiger charge is -2.16. The molecule has 0 aromatic heterocycles. The average molecular weight is 349 g/mol. The molecule has 2 aromatic carbocycles. The number of benzene rings is 2. The second-order valence-corrected chi connectivity index (χ2v) is 6.28. The predicted octanol–water partition coefficient (Wildman–Crippen LogP) is 6.21. The lowest BCUT2D eigenvalue weighted by atomic mass is 10.00. The molecule has 0 spiro atoms. The summed E-state index contributed by atoms with van der Waals surface area (Å²) in [6.07, 6.45) is 3.76. The zero-order chi connectivity index (χ0) is 17.0. The summed E-state index contributed by atoms with van der Waals surface area (Å²) in [5, 5.41) is 0.948. The van der Waals surface area contributed by atoms with Gasteiger partial charge in [0.2, 0.25) is 0 Å². The van der Waals surface area contributed by atoms with Crippen LogP contribution in [0.2, 0.25) is 10.0 Å². The highest BCUT2D eigenvalue weighted by molar-refractivity contribution is 6.37. The van der Waals surface area contributed by atoms with Crippen molar-refractivity contribution in [3.05, 3.63) is 63.1 Å². The van der Waals surface area contributed by atoms with E-state index >= 15 is 0 Å². The summed E-state index contributed by atoms with van der Waals surface area (Å²) in [4.78, 5) is 11.4. The molecule has 23 heavy (non-hydrogen) atoms. The van der Waals surface area contributed by atoms with Gasteiger partial charge in [-0.05, 0) is 23.1 Å². The second-order valence-electron chi connectivity index (χ2n) is 5.50. The van der Waals surface area contributed by atoms with Crippen LogP contribution in [0.5, 0.6) is 5.75 Å². The lowest BCUT2D eigenvalue weighted by molar-refractivity contribution is -0.131. The number of hydrogen-bond donors (Lipinski definition) is 0. The molecule has 2 rings (SSSR count). The topological polar surface area (TPSA) is 26.3 Å². The Morgan fingerprint density at radius 2 is 1.78 bits per heavy atom. The molecule has 0 unspecified atom stereocenters. The van der Waals surface area contributed by atoms with Gasteiger partial charge in [-0.2, -0.15) is 0 Å². The van der Waals surface area contributed by atoms with E-state index in [1.54, 1.807) is 6.07 Å². The van der Waals surface area contributed by atoms with Gasteiger partial charge in [-0.15, -0.1) is 0 Å². The molecule has 0 N–H and O–H groups in total. The first-order valence-electron chi connectivity index (χ1n) is 7.33. The quantitative estimate of drug-likeness (QED) is 0.372. The van der Waals surface area contributed by atoms with Crippen LogP contribution in [0.3, 0.4) is 0 Å². The molecule has 0 bridgehead atoms. The maximum atomic E-state index is 11.4. The van der Waals surface area contributed by atoms with Crippen molar-refractivity contribution in [1.29, 1.82) is 0 Å². The summed E-state index contributed by atoms with van der Waals surface area (Å²) >= 11 is 12.8. The summed E-state index contributed by atoms with van der Waals surface area (Å²) in [6.45, 7) is 5.33. The first-order valence-corrected chi connectivity index (χ1v) is 8.09. The van der Waals surface area contributed by atoms with Crippen molar-refractivity contribution in [2.45, 2.75) is 26.7 Å². The van der Waals surface area contributed by atoms with E-state index in [1.807, 2.05) is 56.3 Å². The largest absolute Gasteiger partial charge is 0.424 e. The third kappa shape index (κ3) is 4.37. The lowest BCUT2D eigenvalue weighted by Crippen LogP contribution is -2.05. The van der Waals surface area contributed by atoms with Crippen LogP contribution in [0.25, 0.3) is 12.2 Å². The van der Waals surface area contributed by atoms with Crippen molar-refractivity contribution in [1.82, 2.24) is 0 Å². The molecule has 4 heteroatoms. The van der Waals surface area contributed by atoms with E-state index in [0.29, 0.717) is 21.4 Å². The molecule has 120 valence electrons. The van der Waals surface area contributed by atoms with Gasteiger partial charge in [0.1, 0.15) is 0 Å². The van der Waals surface area contributed by atoms with Crippen LogP contribution >= 0.6 is 23.2 Å². The molecular formula is C19H18Cl2O2. The fourth-order valence-electron chi connectivity index (χ4n) is 2.28. The molecule has 0 amide bonds. The number of rotatable bonds is 4. The third-order valence-electron chi connectivity index (χ3n) is 3.32. The maximum absolute atomic E-state index is 11.4. The number of carbonyl (C=O) groups excluding carboxylic acids is 1. The van der Waals surface area contributed by atoms with Gasteiger partial charge in [0, 0.05) is 17.5 Å². The molecule has 0 fully saturated rings. The fourth-order valence-corrected chi connectivity index (χ4v) is 3.23. The Morgan fingerprint density at radius 1 is 1.13 bits per heavy atom. The summed E-state index contributed by atoms with van der Waals surface area (Å²) < 4.78 is 5.33. The second kappa shape index (κ2) is 7.67. The predicted molar refractivity (Wildman–Crippen MR) is 97.2 cm³/mol. The number of carbonyl (C=O) groups is 1. The molecule has 0 aliphatic carbocycles. The Labute approximate surface area is 146 Å². The molecule has 0 aliphatic rings. The minimum absolute atomic E-state index is 0.122. The van der Waals surface area contributed by atoms with E-state index in [4.69, 9.17) is 27.9 Å². The van der Waals surface area contributed by atoms with Crippen LogP contribution in [0.1, 0.15) is 43.4 Å². The summed E-state index contributed by atoms with van der Waals surface area (Å²) in [5.41, 5.74) is 2.48. The van der Waals surface area contributed by atoms with E-state index in [2.05, 4.69) is 0 Å². The van der Waals surface area contributed by atoms with Gasteiger partial charge >= 0.3 is 5.97 Å². The van der Waals surface area contributed by atoms with Gasteiger partial charge in [0.05, 0.1) is 5.02 Å². The molecule has 0 saturated carbocycles. The smallest absolute Gasteiger partial charge is 0.308 e. The minimum atomic E-state index is -0.418. The van der Waals surface area contributed by atoms with Gasteiger partial charge < -0.3 is 4.74 Å². The van der Waals surface area contributed by atoms with E-state index in [9.17, 15) is 4.79 Å². The van der Waals surface area contributed by atoms with Crippen LogP contribution in [0.4, 0.5) is 0 Å². The van der Waals surface area contributed by atoms with Gasteiger partial charge in [0.25, 0.3) is 0 Å². The summed E-state index contributed by atoms with van der Waals surface area (Å²) in [5.74, 6) is 0.0502. The Hall–Kier alpha value is -1.77. The average Bonchev–Trinajstić information content (AvgIpc) is 2.48. The minimum Gasteiger partial charge on any atom is -0.424 e. The SMILES string of the molecule is CC(=O)Oc1c(C=Cc2ccccc2)cc(Cl)c(C(C)C)c1Cl. The highest BCUT2D eigenvalue weighted by atomic mass is 35.5. The molecule has 0 atom stereocenters. The van der Waals surface area contributed by atoms with Gasteiger partial charge in [-0.3, -0.25) is 4.79 Å². The number of halogens is 2. The van der Waals surface area contributed by atoms with Gasteiger partial charge in [-0.25, -0.2) is 0 Å². The molecule has 2 aromatic rings. The van der Waals surface area contributed by atoms with E-state index in [0.717, 1.165) is 11.1 Å². The van der Waals surface area contributed by atoms with Crippen LogP contribution < -0.4 is 4.74 Å². The van der Waals surface area contributed by atoms with Gasteiger partial charge in [0.15, 0.2) is 5.75 Å². The summed E-state index contributed by atoms with van der Waals surface area (Å²) in [6, 6.07) is 11.6. The zero-order valence-corrected chi connectivity index (χ0v) is 14.8. The van der Waals surface area contributed by atoms with Crippen molar-refractivity contribution in [3.63, 3.8) is 0 Å².